The summed E-state index contributed by atoms with van der Waals surface area (Å²) in [5, 5.41) is 0. The highest BCUT2D eigenvalue weighted by Gasteiger charge is 2.06. The van der Waals surface area contributed by atoms with Crippen molar-refractivity contribution in [1.82, 2.24) is 19.5 Å². The van der Waals surface area contributed by atoms with E-state index in [0.717, 1.165) is 24.4 Å². The summed E-state index contributed by atoms with van der Waals surface area (Å²) in [5.74, 6) is 0. The molecule has 0 saturated heterocycles. The summed E-state index contributed by atoms with van der Waals surface area (Å²) in [6.07, 6.45) is 8.07. The molecule has 2 aromatic rings. The van der Waals surface area contributed by atoms with Crippen LogP contribution in [0.3, 0.4) is 0 Å². The van der Waals surface area contributed by atoms with Crippen LogP contribution >= 0.6 is 0 Å². The Bertz CT molecular complexity index is 401. The van der Waals surface area contributed by atoms with Crippen molar-refractivity contribution in [3.8, 4) is 0 Å². The van der Waals surface area contributed by atoms with Crippen molar-refractivity contribution < 1.29 is 0 Å². The SMILES string of the molecule is C[C@@H](N)c1cncn1CCc1cnc[nH]1. The van der Waals surface area contributed by atoms with E-state index in [-0.39, 0.29) is 6.04 Å². The normalized spacial score (nSPS) is 12.9. The maximum Gasteiger partial charge on any atom is 0.0948 e. The molecule has 1 atom stereocenters. The van der Waals surface area contributed by atoms with Gasteiger partial charge in [0, 0.05) is 37.1 Å². The Morgan fingerprint density at radius 1 is 1.47 bits per heavy atom. The number of H-pyrrole nitrogens is 1. The van der Waals surface area contributed by atoms with Crippen molar-refractivity contribution in [2.45, 2.75) is 25.9 Å². The van der Waals surface area contributed by atoms with E-state index in [1.54, 1.807) is 6.33 Å². The van der Waals surface area contributed by atoms with Gasteiger partial charge in [0.15, 0.2) is 0 Å². The van der Waals surface area contributed by atoms with Gasteiger partial charge in [-0.05, 0) is 6.92 Å². The molecule has 5 heteroatoms. The van der Waals surface area contributed by atoms with Gasteiger partial charge in [-0.1, -0.05) is 0 Å². The number of rotatable bonds is 4. The van der Waals surface area contributed by atoms with E-state index in [0.29, 0.717) is 0 Å². The number of nitrogens with two attached hydrogens (primary N) is 1. The quantitative estimate of drug-likeness (QED) is 0.777. The highest BCUT2D eigenvalue weighted by atomic mass is 15.1. The molecule has 3 N–H and O–H groups in total. The lowest BCUT2D eigenvalue weighted by Crippen LogP contribution is -2.12. The Labute approximate surface area is 88.4 Å². The van der Waals surface area contributed by atoms with Crippen LogP contribution in [0, 0.1) is 0 Å². The van der Waals surface area contributed by atoms with Crippen LogP contribution in [0.2, 0.25) is 0 Å². The molecule has 0 unspecified atom stereocenters. The molecular formula is C10H15N5. The van der Waals surface area contributed by atoms with E-state index in [2.05, 4.69) is 19.5 Å². The first kappa shape index (κ1) is 9.92. The molecule has 0 amide bonds. The van der Waals surface area contributed by atoms with Crippen molar-refractivity contribution >= 4 is 0 Å². The fourth-order valence-corrected chi connectivity index (χ4v) is 1.56. The summed E-state index contributed by atoms with van der Waals surface area (Å²) in [5.41, 5.74) is 8.02. The van der Waals surface area contributed by atoms with Crippen LogP contribution in [0.1, 0.15) is 24.4 Å². The molecule has 2 heterocycles. The molecule has 2 aromatic heterocycles. The average Bonchev–Trinajstić information content (AvgIpc) is 2.86. The van der Waals surface area contributed by atoms with Gasteiger partial charge in [0.05, 0.1) is 18.3 Å². The lowest BCUT2D eigenvalue weighted by atomic mass is 10.2. The number of hydrogen-bond donors (Lipinski definition) is 2. The van der Waals surface area contributed by atoms with E-state index >= 15 is 0 Å². The lowest BCUT2D eigenvalue weighted by Gasteiger charge is -2.09. The molecule has 5 nitrogen and oxygen atoms in total. The van der Waals surface area contributed by atoms with Crippen LogP contribution < -0.4 is 5.73 Å². The molecule has 0 aromatic carbocycles. The number of nitrogens with zero attached hydrogens (tertiary/aromatic N) is 3. The van der Waals surface area contributed by atoms with Crippen molar-refractivity contribution in [3.05, 3.63) is 36.4 Å². The molecule has 0 saturated carbocycles. The van der Waals surface area contributed by atoms with Gasteiger partial charge in [-0.3, -0.25) is 0 Å². The van der Waals surface area contributed by atoms with Crippen LogP contribution in [0.25, 0.3) is 0 Å². The minimum absolute atomic E-state index is 0.0225. The zero-order valence-electron chi connectivity index (χ0n) is 8.72. The third kappa shape index (κ3) is 2.24. The smallest absolute Gasteiger partial charge is 0.0948 e. The second-order valence-corrected chi connectivity index (χ2v) is 3.63. The van der Waals surface area contributed by atoms with E-state index in [1.165, 1.54) is 0 Å². The first-order valence-electron chi connectivity index (χ1n) is 5.00. The minimum Gasteiger partial charge on any atom is -0.348 e. The number of aryl methyl sites for hydroxylation is 2. The fraction of sp³-hybridized carbons (Fsp3) is 0.400. The predicted molar refractivity (Wildman–Crippen MR) is 57.1 cm³/mol. The third-order valence-electron chi connectivity index (χ3n) is 2.39. The number of imidazole rings is 2. The molecule has 80 valence electrons. The summed E-state index contributed by atoms with van der Waals surface area (Å²) >= 11 is 0. The van der Waals surface area contributed by atoms with Gasteiger partial charge >= 0.3 is 0 Å². The number of aromatic nitrogens is 4. The number of nitrogens with one attached hydrogen (secondary N) is 1. The van der Waals surface area contributed by atoms with E-state index in [9.17, 15) is 0 Å². The predicted octanol–water partition coefficient (Wildman–Crippen LogP) is 0.869. The second kappa shape index (κ2) is 4.27. The maximum absolute atomic E-state index is 5.83. The van der Waals surface area contributed by atoms with Crippen LogP contribution in [0.15, 0.2) is 25.0 Å². The lowest BCUT2D eigenvalue weighted by molar-refractivity contribution is 0.619. The van der Waals surface area contributed by atoms with E-state index < -0.39 is 0 Å². The monoisotopic (exact) mass is 205 g/mol. The minimum atomic E-state index is 0.0225. The second-order valence-electron chi connectivity index (χ2n) is 3.63. The molecule has 0 aliphatic carbocycles. The average molecular weight is 205 g/mol. The summed E-state index contributed by atoms with van der Waals surface area (Å²) in [4.78, 5) is 11.1. The molecule has 0 radical (unpaired) electrons. The molecule has 0 aliphatic rings. The number of hydrogen-bond acceptors (Lipinski definition) is 3. The van der Waals surface area contributed by atoms with Crippen LogP contribution in [0.5, 0.6) is 0 Å². The first-order chi connectivity index (χ1) is 7.27. The van der Waals surface area contributed by atoms with Gasteiger partial charge in [-0.15, -0.1) is 0 Å². The van der Waals surface area contributed by atoms with Gasteiger partial charge in [-0.2, -0.15) is 0 Å². The summed E-state index contributed by atoms with van der Waals surface area (Å²) in [6.45, 7) is 2.84. The molecule has 0 spiro atoms. The van der Waals surface area contributed by atoms with Crippen LogP contribution in [-0.4, -0.2) is 19.5 Å². The molecule has 0 aliphatic heterocycles. The number of aromatic amines is 1. The topological polar surface area (TPSA) is 72.5 Å². The van der Waals surface area contributed by atoms with Gasteiger partial charge < -0.3 is 15.3 Å². The van der Waals surface area contributed by atoms with Crippen LogP contribution in [0.4, 0.5) is 0 Å². The van der Waals surface area contributed by atoms with Gasteiger partial charge in [0.2, 0.25) is 0 Å². The zero-order valence-corrected chi connectivity index (χ0v) is 8.72. The van der Waals surface area contributed by atoms with Crippen LogP contribution in [-0.2, 0) is 13.0 Å². The third-order valence-corrected chi connectivity index (χ3v) is 2.39. The Morgan fingerprint density at radius 3 is 3.00 bits per heavy atom. The van der Waals surface area contributed by atoms with Gasteiger partial charge in [-0.25, -0.2) is 9.97 Å². The highest BCUT2D eigenvalue weighted by Crippen LogP contribution is 2.09. The first-order valence-corrected chi connectivity index (χ1v) is 5.00. The Morgan fingerprint density at radius 2 is 2.33 bits per heavy atom. The van der Waals surface area contributed by atoms with E-state index in [1.807, 2.05) is 25.6 Å². The molecule has 0 fully saturated rings. The summed E-state index contributed by atoms with van der Waals surface area (Å²) in [6, 6.07) is 0.0225. The Hall–Kier alpha value is -1.62. The van der Waals surface area contributed by atoms with Crippen molar-refractivity contribution in [1.29, 1.82) is 0 Å². The highest BCUT2D eigenvalue weighted by molar-refractivity contribution is 5.04. The maximum atomic E-state index is 5.83. The van der Waals surface area contributed by atoms with E-state index in [4.69, 9.17) is 5.73 Å². The fourth-order valence-electron chi connectivity index (χ4n) is 1.56. The van der Waals surface area contributed by atoms with Gasteiger partial charge in [0.25, 0.3) is 0 Å². The molecule has 15 heavy (non-hydrogen) atoms. The molecule has 0 bridgehead atoms. The standard InChI is InChI=1S/C10H15N5/c1-8(11)10-5-13-7-15(10)3-2-9-4-12-6-14-9/h4-8H,2-3,11H2,1H3,(H,12,14)/t8-/m1/s1. The molecule has 2 rings (SSSR count). The van der Waals surface area contributed by atoms with Crippen molar-refractivity contribution in [3.63, 3.8) is 0 Å². The summed E-state index contributed by atoms with van der Waals surface area (Å²) in [7, 11) is 0. The van der Waals surface area contributed by atoms with Gasteiger partial charge in [0.1, 0.15) is 0 Å². The summed E-state index contributed by atoms with van der Waals surface area (Å²) < 4.78 is 2.07. The molecular weight excluding hydrogens is 190 g/mol. The Balaban J connectivity index is 2.02. The zero-order chi connectivity index (χ0) is 10.7. The van der Waals surface area contributed by atoms with Crippen molar-refractivity contribution in [2.75, 3.05) is 0 Å². The Kier molecular flexibility index (Phi) is 2.82. The van der Waals surface area contributed by atoms with Crippen molar-refractivity contribution in [2.24, 2.45) is 5.73 Å². The largest absolute Gasteiger partial charge is 0.348 e.